The van der Waals surface area contributed by atoms with Gasteiger partial charge < -0.3 is 10.1 Å². The van der Waals surface area contributed by atoms with Gasteiger partial charge >= 0.3 is 0 Å². The predicted octanol–water partition coefficient (Wildman–Crippen LogP) is 4.26. The molecule has 0 unspecified atom stereocenters. The monoisotopic (exact) mass is 390 g/mol. The first-order valence-electron chi connectivity index (χ1n) is 8.17. The maximum Gasteiger partial charge on any atom is 0.278 e. The zero-order valence-corrected chi connectivity index (χ0v) is 16.3. The van der Waals surface area contributed by atoms with E-state index >= 15 is 0 Å². The van der Waals surface area contributed by atoms with Gasteiger partial charge in [0.15, 0.2) is 0 Å². The molecule has 2 aromatic rings. The molecule has 1 aromatic carbocycles. The van der Waals surface area contributed by atoms with Crippen LogP contribution in [0.4, 0.5) is 5.69 Å². The maximum absolute atomic E-state index is 13.0. The molecular formula is C19H19ClN2O3S. The number of anilines is 1. The standard InChI is InChI=1S/C19H19ClN2O3S/c1-11(2)10-22-18(23)16(15-5-4-8-26-15)17(19(22)24)21-13-9-12(20)6-7-14(13)25-3/h4-9,11,21H,10H2,1-3H3. The predicted molar refractivity (Wildman–Crippen MR) is 104 cm³/mol. The first-order valence-corrected chi connectivity index (χ1v) is 9.43. The minimum absolute atomic E-state index is 0.174. The van der Waals surface area contributed by atoms with E-state index in [0.29, 0.717) is 28.6 Å². The van der Waals surface area contributed by atoms with Crippen LogP contribution in [0.15, 0.2) is 41.4 Å². The lowest BCUT2D eigenvalue weighted by Crippen LogP contribution is -2.35. The Bertz CT molecular complexity index is 875. The van der Waals surface area contributed by atoms with Crippen molar-refractivity contribution >= 4 is 46.0 Å². The number of carbonyl (C=O) groups is 2. The number of thiophene rings is 1. The van der Waals surface area contributed by atoms with Gasteiger partial charge in [-0.25, -0.2) is 0 Å². The lowest BCUT2D eigenvalue weighted by atomic mass is 10.1. The van der Waals surface area contributed by atoms with Crippen molar-refractivity contribution in [1.82, 2.24) is 4.90 Å². The molecule has 2 amide bonds. The molecule has 0 bridgehead atoms. The molecule has 3 rings (SSSR count). The number of rotatable bonds is 6. The van der Waals surface area contributed by atoms with Crippen LogP contribution in [0, 0.1) is 5.92 Å². The maximum atomic E-state index is 13.0. The normalized spacial score (nSPS) is 14.6. The van der Waals surface area contributed by atoms with Crippen molar-refractivity contribution in [3.05, 3.63) is 51.3 Å². The summed E-state index contributed by atoms with van der Waals surface area (Å²) in [6, 6.07) is 8.77. The van der Waals surface area contributed by atoms with Crippen LogP contribution in [0.2, 0.25) is 5.02 Å². The SMILES string of the molecule is COc1ccc(Cl)cc1NC1=C(c2cccs2)C(=O)N(CC(C)C)C1=O. The van der Waals surface area contributed by atoms with Crippen LogP contribution in [-0.2, 0) is 9.59 Å². The van der Waals surface area contributed by atoms with Crippen LogP contribution in [0.5, 0.6) is 5.75 Å². The largest absolute Gasteiger partial charge is 0.495 e. The van der Waals surface area contributed by atoms with Gasteiger partial charge in [-0.1, -0.05) is 31.5 Å². The molecule has 0 radical (unpaired) electrons. The van der Waals surface area contributed by atoms with E-state index in [2.05, 4.69) is 5.32 Å². The Morgan fingerprint density at radius 2 is 2.00 bits per heavy atom. The van der Waals surface area contributed by atoms with Crippen LogP contribution in [0.25, 0.3) is 5.57 Å². The fourth-order valence-electron chi connectivity index (χ4n) is 2.78. The average Bonchev–Trinajstić information content (AvgIpc) is 3.18. The van der Waals surface area contributed by atoms with Crippen molar-refractivity contribution in [3.8, 4) is 5.75 Å². The summed E-state index contributed by atoms with van der Waals surface area (Å²) in [6.45, 7) is 4.30. The molecule has 5 nitrogen and oxygen atoms in total. The quantitative estimate of drug-likeness (QED) is 0.749. The van der Waals surface area contributed by atoms with Gasteiger partial charge in [0.25, 0.3) is 11.8 Å². The zero-order valence-electron chi connectivity index (χ0n) is 14.7. The van der Waals surface area contributed by atoms with Crippen molar-refractivity contribution < 1.29 is 14.3 Å². The van der Waals surface area contributed by atoms with Gasteiger partial charge in [-0.15, -0.1) is 11.3 Å². The van der Waals surface area contributed by atoms with Gasteiger partial charge in [-0.3, -0.25) is 14.5 Å². The van der Waals surface area contributed by atoms with Gasteiger partial charge in [-0.2, -0.15) is 0 Å². The molecule has 0 fully saturated rings. The van der Waals surface area contributed by atoms with Crippen LogP contribution in [0.1, 0.15) is 18.7 Å². The van der Waals surface area contributed by atoms with Gasteiger partial charge in [0, 0.05) is 16.4 Å². The van der Waals surface area contributed by atoms with Crippen molar-refractivity contribution in [2.75, 3.05) is 19.0 Å². The third-order valence-electron chi connectivity index (χ3n) is 3.90. The van der Waals surface area contributed by atoms with E-state index in [-0.39, 0.29) is 23.4 Å². The summed E-state index contributed by atoms with van der Waals surface area (Å²) in [5.74, 6) is 0.0892. The number of halogens is 1. The minimum atomic E-state index is -0.339. The Labute approximate surface area is 161 Å². The van der Waals surface area contributed by atoms with Crippen LogP contribution in [-0.4, -0.2) is 30.4 Å². The van der Waals surface area contributed by atoms with E-state index in [1.54, 1.807) is 18.2 Å². The summed E-state index contributed by atoms with van der Waals surface area (Å²) in [5, 5.41) is 5.47. The number of benzene rings is 1. The Morgan fingerprint density at radius 1 is 1.23 bits per heavy atom. The molecule has 0 aliphatic carbocycles. The summed E-state index contributed by atoms with van der Waals surface area (Å²) in [5.41, 5.74) is 1.17. The fourth-order valence-corrected chi connectivity index (χ4v) is 3.73. The highest BCUT2D eigenvalue weighted by Crippen LogP contribution is 2.36. The lowest BCUT2D eigenvalue weighted by molar-refractivity contribution is -0.137. The van der Waals surface area contributed by atoms with Crippen LogP contribution in [0.3, 0.4) is 0 Å². The second-order valence-corrected chi connectivity index (χ2v) is 7.70. The molecule has 1 aliphatic rings. The highest BCUT2D eigenvalue weighted by Gasteiger charge is 2.40. The molecule has 1 N–H and O–H groups in total. The fraction of sp³-hybridized carbons (Fsp3) is 0.263. The molecule has 136 valence electrons. The summed E-state index contributed by atoms with van der Waals surface area (Å²) in [4.78, 5) is 27.9. The minimum Gasteiger partial charge on any atom is -0.495 e. The van der Waals surface area contributed by atoms with Crippen LogP contribution >= 0.6 is 22.9 Å². The first kappa shape index (κ1) is 18.5. The molecule has 1 aliphatic heterocycles. The molecule has 26 heavy (non-hydrogen) atoms. The van der Waals surface area contributed by atoms with E-state index in [1.165, 1.54) is 23.3 Å². The topological polar surface area (TPSA) is 58.6 Å². The van der Waals surface area contributed by atoms with E-state index in [1.807, 2.05) is 31.4 Å². The molecule has 7 heteroatoms. The van der Waals surface area contributed by atoms with Crippen molar-refractivity contribution in [2.24, 2.45) is 5.92 Å². The van der Waals surface area contributed by atoms with Crippen molar-refractivity contribution in [2.45, 2.75) is 13.8 Å². The number of hydrogen-bond donors (Lipinski definition) is 1. The second kappa shape index (κ2) is 7.51. The number of amides is 2. The molecule has 1 aromatic heterocycles. The van der Waals surface area contributed by atoms with Crippen molar-refractivity contribution in [1.29, 1.82) is 0 Å². The van der Waals surface area contributed by atoms with E-state index in [0.717, 1.165) is 4.88 Å². The third-order valence-corrected chi connectivity index (χ3v) is 5.03. The molecule has 0 saturated heterocycles. The van der Waals surface area contributed by atoms with Gasteiger partial charge in [0.05, 0.1) is 18.4 Å². The Morgan fingerprint density at radius 3 is 2.62 bits per heavy atom. The number of methoxy groups -OCH3 is 1. The number of hydrogen-bond acceptors (Lipinski definition) is 5. The summed E-state index contributed by atoms with van der Waals surface area (Å²) in [6.07, 6.45) is 0. The van der Waals surface area contributed by atoms with Gasteiger partial charge in [0.2, 0.25) is 0 Å². The summed E-state index contributed by atoms with van der Waals surface area (Å²) >= 11 is 7.51. The smallest absolute Gasteiger partial charge is 0.278 e. The summed E-state index contributed by atoms with van der Waals surface area (Å²) < 4.78 is 5.34. The zero-order chi connectivity index (χ0) is 18.8. The van der Waals surface area contributed by atoms with E-state index in [9.17, 15) is 9.59 Å². The highest BCUT2D eigenvalue weighted by atomic mass is 35.5. The number of ether oxygens (including phenoxy) is 1. The molecule has 2 heterocycles. The van der Waals surface area contributed by atoms with Gasteiger partial charge in [0.1, 0.15) is 11.4 Å². The number of nitrogens with zero attached hydrogens (tertiary/aromatic N) is 1. The third kappa shape index (κ3) is 3.48. The van der Waals surface area contributed by atoms with Crippen molar-refractivity contribution in [3.63, 3.8) is 0 Å². The van der Waals surface area contributed by atoms with E-state index in [4.69, 9.17) is 16.3 Å². The van der Waals surface area contributed by atoms with Crippen LogP contribution < -0.4 is 10.1 Å². The lowest BCUT2D eigenvalue weighted by Gasteiger charge is -2.17. The molecule has 0 spiro atoms. The Kier molecular flexibility index (Phi) is 5.34. The van der Waals surface area contributed by atoms with Gasteiger partial charge in [-0.05, 0) is 35.6 Å². The Balaban J connectivity index is 2.07. The second-order valence-electron chi connectivity index (χ2n) is 6.31. The molecule has 0 saturated carbocycles. The highest BCUT2D eigenvalue weighted by molar-refractivity contribution is 7.11. The average molecular weight is 391 g/mol. The summed E-state index contributed by atoms with van der Waals surface area (Å²) in [7, 11) is 1.54. The first-order chi connectivity index (χ1) is 12.4. The van der Waals surface area contributed by atoms with E-state index < -0.39 is 0 Å². The molecule has 0 atom stereocenters. The Hall–Kier alpha value is -2.31. The number of nitrogens with one attached hydrogen (secondary N) is 1. The number of carbonyl (C=O) groups excluding carboxylic acids is 2. The number of imide groups is 1. The molecular weight excluding hydrogens is 372 g/mol.